The van der Waals surface area contributed by atoms with E-state index in [0.29, 0.717) is 5.92 Å². The van der Waals surface area contributed by atoms with Crippen molar-refractivity contribution in [1.29, 1.82) is 0 Å². The maximum Gasteiger partial charge on any atom is 0.148 e. The summed E-state index contributed by atoms with van der Waals surface area (Å²) in [5.41, 5.74) is 6.74. The number of hydrogen-bond acceptors (Lipinski definition) is 4. The van der Waals surface area contributed by atoms with E-state index in [2.05, 4.69) is 15.5 Å². The van der Waals surface area contributed by atoms with Crippen LogP contribution >= 0.6 is 0 Å². The summed E-state index contributed by atoms with van der Waals surface area (Å²) in [5.74, 6) is 1.48. The van der Waals surface area contributed by atoms with Gasteiger partial charge in [-0.05, 0) is 31.9 Å². The minimum Gasteiger partial charge on any atom is -0.367 e. The maximum absolute atomic E-state index is 5.62. The van der Waals surface area contributed by atoms with Gasteiger partial charge in [0.25, 0.3) is 0 Å². The molecule has 1 saturated carbocycles. The first kappa shape index (κ1) is 9.40. The lowest BCUT2D eigenvalue weighted by Gasteiger charge is -2.07. The molecular weight excluding hydrogens is 176 g/mol. The number of aromatic nitrogens is 2. The van der Waals surface area contributed by atoms with Crippen molar-refractivity contribution < 1.29 is 0 Å². The Morgan fingerprint density at radius 1 is 1.50 bits per heavy atom. The monoisotopic (exact) mass is 192 g/mol. The summed E-state index contributed by atoms with van der Waals surface area (Å²) in [4.78, 5) is 0. The number of anilines is 1. The molecule has 3 N–H and O–H groups in total. The van der Waals surface area contributed by atoms with E-state index in [-0.39, 0.29) is 6.04 Å². The topological polar surface area (TPSA) is 63.8 Å². The van der Waals surface area contributed by atoms with Gasteiger partial charge in [-0.2, -0.15) is 5.10 Å². The highest BCUT2D eigenvalue weighted by Gasteiger charge is 2.25. The first-order chi connectivity index (χ1) is 6.75. The Hall–Kier alpha value is -1.16. The van der Waals surface area contributed by atoms with Crippen molar-refractivity contribution in [2.24, 2.45) is 5.73 Å². The van der Waals surface area contributed by atoms with Gasteiger partial charge < -0.3 is 11.1 Å². The summed E-state index contributed by atoms with van der Waals surface area (Å²) in [6, 6.07) is 4.16. The minimum atomic E-state index is 0.139. The zero-order valence-electron chi connectivity index (χ0n) is 8.40. The van der Waals surface area contributed by atoms with Crippen LogP contribution in [0, 0.1) is 0 Å². The molecule has 0 aliphatic heterocycles. The third-order valence-corrected chi connectivity index (χ3v) is 2.29. The van der Waals surface area contributed by atoms with Crippen LogP contribution < -0.4 is 11.1 Å². The standard InChI is InChI=1S/C10H16N4/c1-7(11)6-12-10-5-4-9(13-14-10)8-2-3-8/h4-5,7-8H,2-3,6,11H2,1H3,(H,12,14). The second-order valence-corrected chi connectivity index (χ2v) is 3.98. The average molecular weight is 192 g/mol. The Bertz CT molecular complexity index is 289. The molecule has 1 heterocycles. The summed E-state index contributed by atoms with van der Waals surface area (Å²) in [6.07, 6.45) is 2.53. The molecule has 1 unspecified atom stereocenters. The van der Waals surface area contributed by atoms with Crippen LogP contribution in [0.25, 0.3) is 0 Å². The van der Waals surface area contributed by atoms with Gasteiger partial charge in [-0.25, -0.2) is 0 Å². The second-order valence-electron chi connectivity index (χ2n) is 3.98. The molecule has 1 aliphatic rings. The number of nitrogens with one attached hydrogen (secondary N) is 1. The number of rotatable bonds is 4. The molecule has 0 radical (unpaired) electrons. The molecule has 1 aromatic heterocycles. The summed E-state index contributed by atoms with van der Waals surface area (Å²) in [7, 11) is 0. The molecule has 1 fully saturated rings. The minimum absolute atomic E-state index is 0.139. The largest absolute Gasteiger partial charge is 0.367 e. The van der Waals surface area contributed by atoms with Gasteiger partial charge in [-0.3, -0.25) is 0 Å². The highest BCUT2D eigenvalue weighted by Crippen LogP contribution is 2.38. The van der Waals surface area contributed by atoms with Crippen molar-refractivity contribution >= 4 is 5.82 Å². The molecule has 76 valence electrons. The van der Waals surface area contributed by atoms with Crippen LogP contribution in [0.5, 0.6) is 0 Å². The van der Waals surface area contributed by atoms with Crippen LogP contribution in [0.15, 0.2) is 12.1 Å². The van der Waals surface area contributed by atoms with Gasteiger partial charge >= 0.3 is 0 Å². The van der Waals surface area contributed by atoms with Gasteiger partial charge in [-0.15, -0.1) is 5.10 Å². The molecule has 0 amide bonds. The van der Waals surface area contributed by atoms with E-state index in [4.69, 9.17) is 5.73 Å². The lowest BCUT2D eigenvalue weighted by molar-refractivity contribution is 0.772. The van der Waals surface area contributed by atoms with Gasteiger partial charge in [0.2, 0.25) is 0 Å². The van der Waals surface area contributed by atoms with Gasteiger partial charge in [0.15, 0.2) is 0 Å². The Morgan fingerprint density at radius 2 is 2.29 bits per heavy atom. The van der Waals surface area contributed by atoms with E-state index in [1.807, 2.05) is 19.1 Å². The third kappa shape index (κ3) is 2.42. The average Bonchev–Trinajstić information content (AvgIpc) is 2.99. The molecule has 1 atom stereocenters. The first-order valence-corrected chi connectivity index (χ1v) is 5.09. The predicted molar refractivity (Wildman–Crippen MR) is 56.1 cm³/mol. The molecule has 1 aromatic rings. The third-order valence-electron chi connectivity index (χ3n) is 2.29. The fourth-order valence-electron chi connectivity index (χ4n) is 1.30. The first-order valence-electron chi connectivity index (χ1n) is 5.09. The van der Waals surface area contributed by atoms with Gasteiger partial charge in [0.1, 0.15) is 5.82 Å². The van der Waals surface area contributed by atoms with Crippen molar-refractivity contribution in [3.8, 4) is 0 Å². The highest BCUT2D eigenvalue weighted by atomic mass is 15.2. The van der Waals surface area contributed by atoms with Gasteiger partial charge in [-0.1, -0.05) is 0 Å². The SMILES string of the molecule is CC(N)CNc1ccc(C2CC2)nn1. The van der Waals surface area contributed by atoms with Crippen LogP contribution in [0.1, 0.15) is 31.4 Å². The van der Waals surface area contributed by atoms with Crippen LogP contribution in [0.3, 0.4) is 0 Å². The van der Waals surface area contributed by atoms with Crippen LogP contribution in [0.2, 0.25) is 0 Å². The van der Waals surface area contributed by atoms with E-state index in [0.717, 1.165) is 18.1 Å². The zero-order valence-corrected chi connectivity index (χ0v) is 8.40. The Labute approximate surface area is 83.9 Å². The fraction of sp³-hybridized carbons (Fsp3) is 0.600. The van der Waals surface area contributed by atoms with E-state index in [9.17, 15) is 0 Å². The molecule has 1 aliphatic carbocycles. The van der Waals surface area contributed by atoms with Gasteiger partial charge in [0.05, 0.1) is 5.69 Å². The molecule has 14 heavy (non-hydrogen) atoms. The Morgan fingerprint density at radius 3 is 2.79 bits per heavy atom. The summed E-state index contributed by atoms with van der Waals surface area (Å²) >= 11 is 0. The maximum atomic E-state index is 5.62. The van der Waals surface area contributed by atoms with E-state index < -0.39 is 0 Å². The van der Waals surface area contributed by atoms with Crippen molar-refractivity contribution in [2.75, 3.05) is 11.9 Å². The molecular formula is C10H16N4. The molecule has 2 rings (SSSR count). The molecule has 0 spiro atoms. The summed E-state index contributed by atoms with van der Waals surface area (Å²) in [6.45, 7) is 2.69. The van der Waals surface area contributed by atoms with Crippen LogP contribution in [-0.4, -0.2) is 22.8 Å². The summed E-state index contributed by atoms with van der Waals surface area (Å²) in [5, 5.41) is 11.4. The van der Waals surface area contributed by atoms with Crippen molar-refractivity contribution in [3.05, 3.63) is 17.8 Å². The predicted octanol–water partition coefficient (Wildman–Crippen LogP) is 1.11. The molecule has 0 saturated heterocycles. The van der Waals surface area contributed by atoms with Crippen LogP contribution in [-0.2, 0) is 0 Å². The number of hydrogen-bond donors (Lipinski definition) is 2. The van der Waals surface area contributed by atoms with E-state index in [1.165, 1.54) is 12.8 Å². The van der Waals surface area contributed by atoms with Crippen molar-refractivity contribution in [1.82, 2.24) is 10.2 Å². The molecule has 0 bridgehead atoms. The van der Waals surface area contributed by atoms with E-state index >= 15 is 0 Å². The zero-order chi connectivity index (χ0) is 9.97. The smallest absolute Gasteiger partial charge is 0.148 e. The van der Waals surface area contributed by atoms with Crippen LogP contribution in [0.4, 0.5) is 5.82 Å². The number of nitrogens with two attached hydrogens (primary N) is 1. The van der Waals surface area contributed by atoms with Gasteiger partial charge in [0, 0.05) is 18.5 Å². The number of nitrogens with zero attached hydrogens (tertiary/aromatic N) is 2. The van der Waals surface area contributed by atoms with E-state index in [1.54, 1.807) is 0 Å². The molecule has 4 nitrogen and oxygen atoms in total. The van der Waals surface area contributed by atoms with Crippen molar-refractivity contribution in [3.63, 3.8) is 0 Å². The Balaban J connectivity index is 1.92. The second kappa shape index (κ2) is 3.92. The lowest BCUT2D eigenvalue weighted by atomic mass is 10.3. The quantitative estimate of drug-likeness (QED) is 0.750. The Kier molecular flexibility index (Phi) is 2.63. The lowest BCUT2D eigenvalue weighted by Crippen LogP contribution is -2.25. The fourth-order valence-corrected chi connectivity index (χ4v) is 1.30. The normalized spacial score (nSPS) is 17.9. The highest BCUT2D eigenvalue weighted by molar-refractivity contribution is 5.34. The van der Waals surface area contributed by atoms with Crippen molar-refractivity contribution in [2.45, 2.75) is 31.7 Å². The molecule has 0 aromatic carbocycles. The summed E-state index contributed by atoms with van der Waals surface area (Å²) < 4.78 is 0. The molecule has 4 heteroatoms.